The molecule has 0 fully saturated rings. The van der Waals surface area contributed by atoms with E-state index < -0.39 is 0 Å². The summed E-state index contributed by atoms with van der Waals surface area (Å²) < 4.78 is 5.39. The van der Waals surface area contributed by atoms with Gasteiger partial charge >= 0.3 is 0 Å². The summed E-state index contributed by atoms with van der Waals surface area (Å²) in [5.41, 5.74) is 2.80. The van der Waals surface area contributed by atoms with Gasteiger partial charge in [0.05, 0.1) is 0 Å². The average molecular weight is 338 g/mol. The van der Waals surface area contributed by atoms with Crippen LogP contribution in [-0.2, 0) is 9.59 Å². The third kappa shape index (κ3) is 6.14. The fourth-order valence-electron chi connectivity index (χ4n) is 1.94. The zero-order valence-corrected chi connectivity index (χ0v) is 14.7. The van der Waals surface area contributed by atoms with Crippen molar-refractivity contribution in [2.75, 3.05) is 26.0 Å². The molecule has 5 nitrogen and oxygen atoms in total. The topological polar surface area (TPSA) is 58.6 Å². The van der Waals surface area contributed by atoms with Crippen molar-refractivity contribution in [3.63, 3.8) is 0 Å². The van der Waals surface area contributed by atoms with E-state index >= 15 is 0 Å². The summed E-state index contributed by atoms with van der Waals surface area (Å²) in [5.74, 6) is 0.249. The molecule has 2 amide bonds. The van der Waals surface area contributed by atoms with Gasteiger partial charge in [-0.3, -0.25) is 9.59 Å². The van der Waals surface area contributed by atoms with Crippen LogP contribution in [0, 0.1) is 6.92 Å². The number of carbonyl (C=O) groups excluding carboxylic acids is 2. The maximum absolute atomic E-state index is 11.9. The first kappa shape index (κ1) is 18.3. The Labute approximate surface area is 147 Å². The second-order valence-corrected chi connectivity index (χ2v) is 5.83. The van der Waals surface area contributed by atoms with Crippen LogP contribution in [-0.4, -0.2) is 37.4 Å². The summed E-state index contributed by atoms with van der Waals surface area (Å²) >= 11 is 0. The lowest BCUT2D eigenvalue weighted by molar-refractivity contribution is -0.130. The summed E-state index contributed by atoms with van der Waals surface area (Å²) in [4.78, 5) is 24.9. The third-order valence-electron chi connectivity index (χ3n) is 3.49. The average Bonchev–Trinajstić information content (AvgIpc) is 2.60. The number of aryl methyl sites for hydroxylation is 1. The fourth-order valence-corrected chi connectivity index (χ4v) is 1.94. The molecular formula is C20H22N2O3. The van der Waals surface area contributed by atoms with Gasteiger partial charge in [0.25, 0.3) is 5.91 Å². The van der Waals surface area contributed by atoms with Gasteiger partial charge in [-0.15, -0.1) is 0 Å². The molecule has 0 aromatic heterocycles. The lowest BCUT2D eigenvalue weighted by Crippen LogP contribution is -2.27. The number of anilines is 1. The van der Waals surface area contributed by atoms with Gasteiger partial charge in [0.2, 0.25) is 5.91 Å². The van der Waals surface area contributed by atoms with E-state index in [9.17, 15) is 9.59 Å². The van der Waals surface area contributed by atoms with E-state index in [-0.39, 0.29) is 18.4 Å². The highest BCUT2D eigenvalue weighted by Crippen LogP contribution is 2.16. The molecule has 0 aliphatic heterocycles. The van der Waals surface area contributed by atoms with Gasteiger partial charge in [0.1, 0.15) is 5.75 Å². The summed E-state index contributed by atoms with van der Waals surface area (Å²) in [6.45, 7) is 2.00. The van der Waals surface area contributed by atoms with Crippen LogP contribution in [0.1, 0.15) is 11.1 Å². The maximum atomic E-state index is 11.9. The van der Waals surface area contributed by atoms with E-state index in [2.05, 4.69) is 5.32 Å². The van der Waals surface area contributed by atoms with Crippen molar-refractivity contribution in [3.8, 4) is 5.75 Å². The molecule has 1 N–H and O–H groups in total. The summed E-state index contributed by atoms with van der Waals surface area (Å²) in [5, 5.41) is 2.78. The quantitative estimate of drug-likeness (QED) is 0.823. The summed E-state index contributed by atoms with van der Waals surface area (Å²) in [7, 11) is 3.35. The Kier molecular flexibility index (Phi) is 6.34. The molecular weight excluding hydrogens is 316 g/mol. The molecule has 0 unspecified atom stereocenters. The number of amides is 2. The largest absolute Gasteiger partial charge is 0.484 e. The van der Waals surface area contributed by atoms with Gasteiger partial charge in [-0.2, -0.15) is 0 Å². The predicted octanol–water partition coefficient (Wildman–Crippen LogP) is 3.11. The molecule has 5 heteroatoms. The lowest BCUT2D eigenvalue weighted by Gasteiger charge is -2.11. The number of rotatable bonds is 6. The number of nitrogens with zero attached hydrogens (tertiary/aromatic N) is 1. The Bertz CT molecular complexity index is 748. The van der Waals surface area contributed by atoms with Crippen LogP contribution in [0.15, 0.2) is 54.6 Å². The Morgan fingerprint density at radius 3 is 2.28 bits per heavy atom. The minimum atomic E-state index is -0.211. The zero-order chi connectivity index (χ0) is 18.2. The molecule has 2 aromatic rings. The Balaban J connectivity index is 1.86. The van der Waals surface area contributed by atoms with Gasteiger partial charge in [0.15, 0.2) is 6.61 Å². The molecule has 25 heavy (non-hydrogen) atoms. The van der Waals surface area contributed by atoms with E-state index in [1.807, 2.05) is 31.2 Å². The van der Waals surface area contributed by atoms with Crippen LogP contribution in [0.2, 0.25) is 0 Å². The standard InChI is InChI=1S/C20H22N2O3/c1-15-4-6-16(7-5-15)8-13-19(23)21-17-9-11-18(12-10-17)25-14-20(24)22(2)3/h4-13H,14H2,1-3H3,(H,21,23)/b13-8+. The van der Waals surface area contributed by atoms with Crippen molar-refractivity contribution in [3.05, 3.63) is 65.7 Å². The van der Waals surface area contributed by atoms with Gasteiger partial charge in [-0.05, 0) is 42.8 Å². The van der Waals surface area contributed by atoms with E-state index in [1.165, 1.54) is 16.5 Å². The van der Waals surface area contributed by atoms with Crippen molar-refractivity contribution < 1.29 is 14.3 Å². The fraction of sp³-hybridized carbons (Fsp3) is 0.200. The molecule has 0 spiro atoms. The van der Waals surface area contributed by atoms with E-state index in [1.54, 1.807) is 44.4 Å². The Morgan fingerprint density at radius 2 is 1.68 bits per heavy atom. The normalized spacial score (nSPS) is 10.5. The number of carbonyl (C=O) groups is 2. The highest BCUT2D eigenvalue weighted by atomic mass is 16.5. The Hall–Kier alpha value is -3.08. The van der Waals surface area contributed by atoms with Crippen LogP contribution >= 0.6 is 0 Å². The molecule has 130 valence electrons. The third-order valence-corrected chi connectivity index (χ3v) is 3.49. The van der Waals surface area contributed by atoms with Gasteiger partial charge < -0.3 is 15.0 Å². The number of nitrogens with one attached hydrogen (secondary N) is 1. The predicted molar refractivity (Wildman–Crippen MR) is 99.5 cm³/mol. The second-order valence-electron chi connectivity index (χ2n) is 5.83. The number of benzene rings is 2. The molecule has 0 radical (unpaired) electrons. The number of ether oxygens (including phenoxy) is 1. The first-order valence-electron chi connectivity index (χ1n) is 7.93. The van der Waals surface area contributed by atoms with Gasteiger partial charge in [-0.25, -0.2) is 0 Å². The molecule has 0 bridgehead atoms. The Morgan fingerprint density at radius 1 is 1.04 bits per heavy atom. The number of likely N-dealkylation sites (N-methyl/N-ethyl adjacent to an activating group) is 1. The molecule has 0 aliphatic rings. The smallest absolute Gasteiger partial charge is 0.259 e. The molecule has 0 heterocycles. The van der Waals surface area contributed by atoms with Crippen molar-refractivity contribution in [2.24, 2.45) is 0 Å². The number of hydrogen-bond acceptors (Lipinski definition) is 3. The molecule has 0 saturated heterocycles. The van der Waals surface area contributed by atoms with Crippen molar-refractivity contribution in [2.45, 2.75) is 6.92 Å². The van der Waals surface area contributed by atoms with Crippen LogP contribution in [0.4, 0.5) is 5.69 Å². The zero-order valence-electron chi connectivity index (χ0n) is 14.7. The van der Waals surface area contributed by atoms with Crippen molar-refractivity contribution >= 4 is 23.6 Å². The van der Waals surface area contributed by atoms with Gasteiger partial charge in [0, 0.05) is 25.9 Å². The first-order chi connectivity index (χ1) is 11.9. The van der Waals surface area contributed by atoms with Crippen LogP contribution < -0.4 is 10.1 Å². The molecule has 0 saturated carbocycles. The van der Waals surface area contributed by atoms with E-state index in [0.29, 0.717) is 11.4 Å². The molecule has 2 aromatic carbocycles. The van der Waals surface area contributed by atoms with Crippen molar-refractivity contribution in [1.82, 2.24) is 4.90 Å². The highest BCUT2D eigenvalue weighted by molar-refractivity contribution is 6.01. The maximum Gasteiger partial charge on any atom is 0.259 e. The lowest BCUT2D eigenvalue weighted by atomic mass is 10.1. The number of hydrogen-bond donors (Lipinski definition) is 1. The van der Waals surface area contributed by atoms with Crippen LogP contribution in [0.25, 0.3) is 6.08 Å². The summed E-state index contributed by atoms with van der Waals surface area (Å²) in [6, 6.07) is 14.8. The van der Waals surface area contributed by atoms with E-state index in [4.69, 9.17) is 4.74 Å². The second kappa shape index (κ2) is 8.68. The minimum Gasteiger partial charge on any atom is -0.484 e. The summed E-state index contributed by atoms with van der Waals surface area (Å²) in [6.07, 6.45) is 3.25. The molecule has 2 rings (SSSR count). The minimum absolute atomic E-state index is 0.0159. The SMILES string of the molecule is Cc1ccc(/C=C/C(=O)Nc2ccc(OCC(=O)N(C)C)cc2)cc1. The van der Waals surface area contributed by atoms with Crippen LogP contribution in [0.3, 0.4) is 0 Å². The van der Waals surface area contributed by atoms with Crippen molar-refractivity contribution in [1.29, 1.82) is 0 Å². The highest BCUT2D eigenvalue weighted by Gasteiger charge is 2.05. The van der Waals surface area contributed by atoms with Crippen LogP contribution in [0.5, 0.6) is 5.75 Å². The molecule has 0 aliphatic carbocycles. The molecule has 0 atom stereocenters. The van der Waals surface area contributed by atoms with E-state index in [0.717, 1.165) is 5.56 Å². The first-order valence-corrected chi connectivity index (χ1v) is 7.93. The monoisotopic (exact) mass is 338 g/mol. The van der Waals surface area contributed by atoms with Gasteiger partial charge in [-0.1, -0.05) is 29.8 Å².